The van der Waals surface area contributed by atoms with Gasteiger partial charge in [-0.05, 0) is 13.8 Å². The second kappa shape index (κ2) is 4.72. The summed E-state index contributed by atoms with van der Waals surface area (Å²) in [5.41, 5.74) is 0. The smallest absolute Gasteiger partial charge is 0.233 e. The van der Waals surface area contributed by atoms with Gasteiger partial charge in [-0.1, -0.05) is 0 Å². The number of carbonyl (C=O) groups excluding carboxylic acids is 1. The Balaban J connectivity index is 2.13. The third kappa shape index (κ3) is 1.86. The minimum atomic E-state index is -0.190. The molecule has 0 aliphatic carbocycles. The summed E-state index contributed by atoms with van der Waals surface area (Å²) in [7, 11) is 0. The summed E-state index contributed by atoms with van der Waals surface area (Å²) in [6.45, 7) is 6.97. The molecular formula is C11H18N4O. The molecule has 0 saturated heterocycles. The molecule has 0 spiro atoms. The molecule has 0 aromatic heterocycles. The largest absolute Gasteiger partial charge is 0.343 e. The second-order valence-electron chi connectivity index (χ2n) is 4.24. The fourth-order valence-electron chi connectivity index (χ4n) is 2.33. The normalized spacial score (nSPS) is 31.5. The Morgan fingerprint density at radius 2 is 2.12 bits per heavy atom. The predicted molar refractivity (Wildman–Crippen MR) is 61.8 cm³/mol. The van der Waals surface area contributed by atoms with E-state index in [4.69, 9.17) is 0 Å². The van der Waals surface area contributed by atoms with Crippen LogP contribution in [0.4, 0.5) is 0 Å². The lowest BCUT2D eigenvalue weighted by Gasteiger charge is -2.29. The van der Waals surface area contributed by atoms with Crippen molar-refractivity contribution in [1.29, 1.82) is 0 Å². The molecule has 3 unspecified atom stereocenters. The Bertz CT molecular complexity index is 322. The average Bonchev–Trinajstić information content (AvgIpc) is 2.78. The summed E-state index contributed by atoms with van der Waals surface area (Å²) in [6.07, 6.45) is 1.77. The van der Waals surface area contributed by atoms with Gasteiger partial charge in [0.1, 0.15) is 0 Å². The second-order valence-corrected chi connectivity index (χ2v) is 4.24. The van der Waals surface area contributed by atoms with Crippen molar-refractivity contribution in [1.82, 2.24) is 4.90 Å². The van der Waals surface area contributed by atoms with Gasteiger partial charge in [-0.25, -0.2) is 0 Å². The van der Waals surface area contributed by atoms with E-state index in [1.807, 2.05) is 18.7 Å². The first kappa shape index (κ1) is 11.2. The number of nitrogens with zero attached hydrogens (tertiary/aromatic N) is 4. The van der Waals surface area contributed by atoms with Crippen molar-refractivity contribution in [3.8, 4) is 0 Å². The minimum absolute atomic E-state index is 0.0330. The monoisotopic (exact) mass is 222 g/mol. The van der Waals surface area contributed by atoms with Gasteiger partial charge in [0.15, 0.2) is 0 Å². The van der Waals surface area contributed by atoms with Crippen LogP contribution in [-0.4, -0.2) is 49.2 Å². The molecule has 2 rings (SSSR count). The standard InChI is InChI=1S/C11H18N4O/c1-3-15(4-2)11(16)9-7-12-5-8-6-13-14-10(8)9/h7-10H,3-6H2,1-2H3. The van der Waals surface area contributed by atoms with Gasteiger partial charge in [0, 0.05) is 31.8 Å². The van der Waals surface area contributed by atoms with E-state index < -0.39 is 0 Å². The first-order chi connectivity index (χ1) is 7.77. The van der Waals surface area contributed by atoms with Crippen molar-refractivity contribution in [3.05, 3.63) is 0 Å². The van der Waals surface area contributed by atoms with E-state index >= 15 is 0 Å². The highest BCUT2D eigenvalue weighted by Crippen LogP contribution is 2.27. The Labute approximate surface area is 95.6 Å². The molecule has 0 fully saturated rings. The molecule has 5 heteroatoms. The molecular weight excluding hydrogens is 204 g/mol. The Morgan fingerprint density at radius 3 is 2.81 bits per heavy atom. The van der Waals surface area contributed by atoms with Crippen molar-refractivity contribution in [2.24, 2.45) is 27.1 Å². The summed E-state index contributed by atoms with van der Waals surface area (Å²) in [6, 6.07) is 0.0330. The molecule has 0 saturated carbocycles. The van der Waals surface area contributed by atoms with Gasteiger partial charge >= 0.3 is 0 Å². The molecule has 3 atom stereocenters. The summed E-state index contributed by atoms with van der Waals surface area (Å²) in [5, 5.41) is 8.24. The SMILES string of the molecule is CCN(CC)C(=O)C1C=NCC2CN=NC21. The molecule has 0 radical (unpaired) electrons. The van der Waals surface area contributed by atoms with Crippen molar-refractivity contribution in [2.75, 3.05) is 26.2 Å². The molecule has 2 aliphatic heterocycles. The van der Waals surface area contributed by atoms with E-state index in [0.29, 0.717) is 5.92 Å². The molecule has 5 nitrogen and oxygen atoms in total. The van der Waals surface area contributed by atoms with Gasteiger partial charge in [0.2, 0.25) is 5.91 Å². The van der Waals surface area contributed by atoms with E-state index in [1.54, 1.807) is 6.21 Å². The number of carbonyl (C=O) groups is 1. The maximum atomic E-state index is 12.2. The number of amides is 1. The first-order valence-electron chi connectivity index (χ1n) is 5.93. The van der Waals surface area contributed by atoms with E-state index in [1.165, 1.54) is 0 Å². The van der Waals surface area contributed by atoms with Crippen LogP contribution >= 0.6 is 0 Å². The van der Waals surface area contributed by atoms with Crippen molar-refractivity contribution < 1.29 is 4.79 Å². The van der Waals surface area contributed by atoms with Crippen LogP contribution < -0.4 is 0 Å². The van der Waals surface area contributed by atoms with Crippen LogP contribution in [0.25, 0.3) is 0 Å². The molecule has 2 heterocycles. The third-order valence-electron chi connectivity index (χ3n) is 3.35. The van der Waals surface area contributed by atoms with Crippen LogP contribution in [0.3, 0.4) is 0 Å². The zero-order valence-corrected chi connectivity index (χ0v) is 9.83. The topological polar surface area (TPSA) is 57.4 Å². The molecule has 0 aromatic carbocycles. The van der Waals surface area contributed by atoms with E-state index in [0.717, 1.165) is 26.2 Å². The molecule has 88 valence electrons. The number of azo groups is 1. The number of rotatable bonds is 3. The minimum Gasteiger partial charge on any atom is -0.343 e. The van der Waals surface area contributed by atoms with Gasteiger partial charge in [-0.2, -0.15) is 10.2 Å². The van der Waals surface area contributed by atoms with Gasteiger partial charge in [0.25, 0.3) is 0 Å². The lowest BCUT2D eigenvalue weighted by molar-refractivity contribution is -0.133. The molecule has 16 heavy (non-hydrogen) atoms. The summed E-state index contributed by atoms with van der Waals surface area (Å²) < 4.78 is 0. The molecule has 1 amide bonds. The van der Waals surface area contributed by atoms with E-state index in [9.17, 15) is 4.79 Å². The summed E-state index contributed by atoms with van der Waals surface area (Å²) >= 11 is 0. The van der Waals surface area contributed by atoms with Crippen LogP contribution in [0, 0.1) is 11.8 Å². The third-order valence-corrected chi connectivity index (χ3v) is 3.35. The van der Waals surface area contributed by atoms with Gasteiger partial charge in [0.05, 0.1) is 18.5 Å². The Kier molecular flexibility index (Phi) is 3.31. The van der Waals surface area contributed by atoms with Gasteiger partial charge in [-0.3, -0.25) is 9.79 Å². The van der Waals surface area contributed by atoms with Crippen LogP contribution in [-0.2, 0) is 4.79 Å². The predicted octanol–water partition coefficient (Wildman–Crippen LogP) is 1.01. The Morgan fingerprint density at radius 1 is 1.38 bits per heavy atom. The fourth-order valence-corrected chi connectivity index (χ4v) is 2.33. The first-order valence-corrected chi connectivity index (χ1v) is 5.93. The maximum Gasteiger partial charge on any atom is 0.233 e. The number of aliphatic imine (C=N–C) groups is 1. The average molecular weight is 222 g/mol. The van der Waals surface area contributed by atoms with E-state index in [2.05, 4.69) is 15.2 Å². The highest BCUT2D eigenvalue weighted by atomic mass is 16.2. The molecule has 0 aromatic rings. The van der Waals surface area contributed by atoms with Crippen molar-refractivity contribution in [3.63, 3.8) is 0 Å². The van der Waals surface area contributed by atoms with Crippen LogP contribution in [0.2, 0.25) is 0 Å². The van der Waals surface area contributed by atoms with Crippen molar-refractivity contribution >= 4 is 12.1 Å². The number of hydrogen-bond acceptors (Lipinski definition) is 4. The Hall–Kier alpha value is -1.26. The van der Waals surface area contributed by atoms with Crippen LogP contribution in [0.15, 0.2) is 15.2 Å². The highest BCUT2D eigenvalue weighted by molar-refractivity contribution is 5.94. The molecule has 0 bridgehead atoms. The number of fused-ring (bicyclic) bond motifs is 1. The molecule has 0 N–H and O–H groups in total. The fraction of sp³-hybridized carbons (Fsp3) is 0.818. The quantitative estimate of drug-likeness (QED) is 0.703. The highest BCUT2D eigenvalue weighted by Gasteiger charge is 2.39. The lowest BCUT2D eigenvalue weighted by atomic mass is 9.87. The summed E-state index contributed by atoms with van der Waals surface area (Å²) in [5.74, 6) is 0.295. The zero-order chi connectivity index (χ0) is 11.5. The number of hydrogen-bond donors (Lipinski definition) is 0. The van der Waals surface area contributed by atoms with Gasteiger partial charge in [-0.15, -0.1) is 0 Å². The van der Waals surface area contributed by atoms with Crippen LogP contribution in [0.1, 0.15) is 13.8 Å². The van der Waals surface area contributed by atoms with Gasteiger partial charge < -0.3 is 4.90 Å². The van der Waals surface area contributed by atoms with Crippen LogP contribution in [0.5, 0.6) is 0 Å². The maximum absolute atomic E-state index is 12.2. The lowest BCUT2D eigenvalue weighted by Crippen LogP contribution is -2.45. The summed E-state index contributed by atoms with van der Waals surface area (Å²) in [4.78, 5) is 18.4. The van der Waals surface area contributed by atoms with E-state index in [-0.39, 0.29) is 17.9 Å². The molecule has 2 aliphatic rings. The van der Waals surface area contributed by atoms with Crippen molar-refractivity contribution in [2.45, 2.75) is 19.9 Å². The zero-order valence-electron chi connectivity index (χ0n) is 9.83.